The Labute approximate surface area is 111 Å². The van der Waals surface area contributed by atoms with E-state index in [9.17, 15) is 4.79 Å². The summed E-state index contributed by atoms with van der Waals surface area (Å²) in [5.41, 5.74) is 1.04. The van der Waals surface area contributed by atoms with Crippen molar-refractivity contribution in [1.82, 2.24) is 5.32 Å². The third kappa shape index (κ3) is 3.67. The second kappa shape index (κ2) is 6.31. The zero-order chi connectivity index (χ0) is 12.8. The van der Waals surface area contributed by atoms with Gasteiger partial charge in [-0.1, -0.05) is 30.3 Å². The van der Waals surface area contributed by atoms with Crippen molar-refractivity contribution in [2.24, 2.45) is 0 Å². The predicted octanol–water partition coefficient (Wildman–Crippen LogP) is 2.15. The second-order valence-electron chi connectivity index (χ2n) is 3.89. The van der Waals surface area contributed by atoms with Gasteiger partial charge in [-0.05, 0) is 5.56 Å². The Kier molecular flexibility index (Phi) is 4.47. The lowest BCUT2D eigenvalue weighted by atomic mass is 10.2. The Morgan fingerprint density at radius 2 is 2.17 bits per heavy atom. The molecule has 0 bridgehead atoms. The molecule has 5 heteroatoms. The predicted molar refractivity (Wildman–Crippen MR) is 67.7 cm³/mol. The Hall–Kier alpha value is -1.68. The molecular formula is C13H14ClNO3. The van der Waals surface area contributed by atoms with Gasteiger partial charge in [-0.25, -0.2) is 0 Å². The molecule has 4 nitrogen and oxygen atoms in total. The molecule has 1 amide bonds. The number of alkyl halides is 1. The number of carbonyl (C=O) groups is 1. The highest BCUT2D eigenvalue weighted by Crippen LogP contribution is 2.16. The van der Waals surface area contributed by atoms with Gasteiger partial charge < -0.3 is 14.8 Å². The maximum atomic E-state index is 11.7. The summed E-state index contributed by atoms with van der Waals surface area (Å²) in [6.07, 6.45) is 1.82. The lowest BCUT2D eigenvalue weighted by Crippen LogP contribution is -2.31. The fraction of sp³-hybridized carbons (Fsp3) is 0.308. The van der Waals surface area contributed by atoms with E-state index in [0.717, 1.165) is 5.56 Å². The summed E-state index contributed by atoms with van der Waals surface area (Å²) in [6, 6.07) is 9.67. The lowest BCUT2D eigenvalue weighted by molar-refractivity contribution is -0.121. The van der Waals surface area contributed by atoms with Crippen molar-refractivity contribution in [3.8, 4) is 0 Å². The van der Waals surface area contributed by atoms with E-state index in [-0.39, 0.29) is 12.7 Å². The molecule has 0 saturated carbocycles. The molecule has 1 aromatic carbocycles. The van der Waals surface area contributed by atoms with E-state index in [1.54, 1.807) is 0 Å². The van der Waals surface area contributed by atoms with Crippen molar-refractivity contribution in [2.45, 2.75) is 18.3 Å². The van der Waals surface area contributed by atoms with Crippen LogP contribution in [0.15, 0.2) is 42.4 Å². The van der Waals surface area contributed by atoms with Crippen LogP contribution in [0.25, 0.3) is 0 Å². The third-order valence-corrected chi connectivity index (χ3v) is 2.85. The third-order valence-electron chi connectivity index (χ3n) is 2.50. The van der Waals surface area contributed by atoms with Crippen LogP contribution in [-0.2, 0) is 20.8 Å². The molecule has 1 unspecified atom stereocenters. The molecule has 1 atom stereocenters. The van der Waals surface area contributed by atoms with Crippen molar-refractivity contribution >= 4 is 17.5 Å². The number of nitrogens with one attached hydrogen (secondary N) is 1. The highest BCUT2D eigenvalue weighted by Gasteiger charge is 2.19. The molecule has 0 saturated heterocycles. The Morgan fingerprint density at radius 3 is 2.83 bits per heavy atom. The van der Waals surface area contributed by atoms with Crippen LogP contribution in [0.4, 0.5) is 0 Å². The first-order chi connectivity index (χ1) is 8.75. The summed E-state index contributed by atoms with van der Waals surface area (Å²) in [6.45, 7) is 0.671. The standard InChI is InChI=1S/C13H14ClNO3/c14-12(6-11-8-17-9-18-11)13(16)15-7-10-4-2-1-3-5-10/h1-5,8,12H,6-7,9H2,(H,15,16). The number of rotatable bonds is 5. The summed E-state index contributed by atoms with van der Waals surface area (Å²) in [5, 5.41) is 2.13. The van der Waals surface area contributed by atoms with Crippen LogP contribution in [0.5, 0.6) is 0 Å². The molecule has 0 aliphatic carbocycles. The van der Waals surface area contributed by atoms with Gasteiger partial charge in [0.15, 0.2) is 0 Å². The minimum Gasteiger partial charge on any atom is -0.462 e. The molecule has 2 rings (SSSR count). The molecule has 1 aromatic rings. The van der Waals surface area contributed by atoms with E-state index in [1.807, 2.05) is 30.3 Å². The summed E-state index contributed by atoms with van der Waals surface area (Å²) in [5.74, 6) is 0.391. The topological polar surface area (TPSA) is 47.6 Å². The van der Waals surface area contributed by atoms with Crippen molar-refractivity contribution < 1.29 is 14.3 Å². The molecule has 0 spiro atoms. The number of carbonyl (C=O) groups excluding carboxylic acids is 1. The average Bonchev–Trinajstić information content (AvgIpc) is 2.90. The number of halogens is 1. The molecule has 0 radical (unpaired) electrons. The van der Waals surface area contributed by atoms with Crippen LogP contribution in [0.3, 0.4) is 0 Å². The first-order valence-corrected chi connectivity index (χ1v) is 6.08. The number of hydrogen-bond donors (Lipinski definition) is 1. The van der Waals surface area contributed by atoms with E-state index in [4.69, 9.17) is 21.1 Å². The summed E-state index contributed by atoms with van der Waals surface area (Å²) in [4.78, 5) is 11.7. The second-order valence-corrected chi connectivity index (χ2v) is 4.41. The number of hydrogen-bond acceptors (Lipinski definition) is 3. The fourth-order valence-corrected chi connectivity index (χ4v) is 1.77. The Morgan fingerprint density at radius 1 is 1.39 bits per heavy atom. The van der Waals surface area contributed by atoms with Gasteiger partial charge >= 0.3 is 0 Å². The van der Waals surface area contributed by atoms with Crippen molar-refractivity contribution in [1.29, 1.82) is 0 Å². The van der Waals surface area contributed by atoms with Gasteiger partial charge in [0.1, 0.15) is 17.4 Å². The number of amides is 1. The molecule has 18 heavy (non-hydrogen) atoms. The van der Waals surface area contributed by atoms with Crippen molar-refractivity contribution in [2.75, 3.05) is 6.79 Å². The minimum atomic E-state index is -0.651. The molecular weight excluding hydrogens is 254 g/mol. The van der Waals surface area contributed by atoms with Crippen molar-refractivity contribution in [3.05, 3.63) is 47.9 Å². The van der Waals surface area contributed by atoms with Gasteiger partial charge in [0.2, 0.25) is 12.7 Å². The Balaban J connectivity index is 1.77. The van der Waals surface area contributed by atoms with Crippen molar-refractivity contribution in [3.63, 3.8) is 0 Å². The van der Waals surface area contributed by atoms with Crippen LogP contribution in [0.2, 0.25) is 0 Å². The van der Waals surface area contributed by atoms with E-state index < -0.39 is 5.38 Å². The maximum Gasteiger partial charge on any atom is 0.238 e. The summed E-state index contributed by atoms with van der Waals surface area (Å²) in [7, 11) is 0. The molecule has 1 aliphatic heterocycles. The normalized spacial score (nSPS) is 15.3. The van der Waals surface area contributed by atoms with E-state index in [1.165, 1.54) is 6.26 Å². The van der Waals surface area contributed by atoms with Gasteiger partial charge in [-0.15, -0.1) is 11.6 Å². The largest absolute Gasteiger partial charge is 0.462 e. The minimum absolute atomic E-state index is 0.199. The first kappa shape index (κ1) is 12.8. The first-order valence-electron chi connectivity index (χ1n) is 5.65. The van der Waals surface area contributed by atoms with Gasteiger partial charge in [0, 0.05) is 13.0 Å². The van der Waals surface area contributed by atoms with Crippen LogP contribution in [0, 0.1) is 0 Å². The monoisotopic (exact) mass is 267 g/mol. The van der Waals surface area contributed by atoms with Gasteiger partial charge in [0.25, 0.3) is 0 Å². The smallest absolute Gasteiger partial charge is 0.238 e. The highest BCUT2D eigenvalue weighted by atomic mass is 35.5. The quantitative estimate of drug-likeness (QED) is 0.832. The molecule has 1 N–H and O–H groups in total. The maximum absolute atomic E-state index is 11.7. The zero-order valence-electron chi connectivity index (χ0n) is 9.77. The summed E-state index contributed by atoms with van der Waals surface area (Å²) >= 11 is 5.99. The number of ether oxygens (including phenoxy) is 2. The van der Waals surface area contributed by atoms with Crippen LogP contribution in [0.1, 0.15) is 12.0 Å². The zero-order valence-corrected chi connectivity index (χ0v) is 10.5. The molecule has 0 aromatic heterocycles. The molecule has 96 valence electrons. The average molecular weight is 268 g/mol. The van der Waals surface area contributed by atoms with Crippen LogP contribution in [-0.4, -0.2) is 18.1 Å². The summed E-state index contributed by atoms with van der Waals surface area (Å²) < 4.78 is 10.0. The van der Waals surface area contributed by atoms with E-state index >= 15 is 0 Å². The van der Waals surface area contributed by atoms with Crippen LogP contribution < -0.4 is 5.32 Å². The highest BCUT2D eigenvalue weighted by molar-refractivity contribution is 6.30. The van der Waals surface area contributed by atoms with Gasteiger partial charge in [-0.3, -0.25) is 4.79 Å². The molecule has 0 fully saturated rings. The van der Waals surface area contributed by atoms with Gasteiger partial charge in [0.05, 0.1) is 0 Å². The van der Waals surface area contributed by atoms with Crippen LogP contribution >= 0.6 is 11.6 Å². The Bertz CT molecular complexity index is 433. The number of benzene rings is 1. The van der Waals surface area contributed by atoms with E-state index in [2.05, 4.69) is 5.32 Å². The SMILES string of the molecule is O=C(NCc1ccccc1)C(Cl)CC1=COCO1. The van der Waals surface area contributed by atoms with Gasteiger partial charge in [-0.2, -0.15) is 0 Å². The molecule has 1 aliphatic rings. The van der Waals surface area contributed by atoms with E-state index in [0.29, 0.717) is 18.7 Å². The lowest BCUT2D eigenvalue weighted by Gasteiger charge is -2.10. The fourth-order valence-electron chi connectivity index (χ4n) is 1.54. The molecule has 1 heterocycles. The number of allylic oxidation sites excluding steroid dienone is 1.